The van der Waals surface area contributed by atoms with Gasteiger partial charge < -0.3 is 26.5 Å². The summed E-state index contributed by atoms with van der Waals surface area (Å²) in [7, 11) is 0. The minimum Gasteiger partial charge on any atom is -0.465 e. The van der Waals surface area contributed by atoms with Crippen LogP contribution in [0, 0.1) is 11.8 Å². The van der Waals surface area contributed by atoms with Crippen molar-refractivity contribution in [2.24, 2.45) is 17.6 Å². The number of nitrogens with zero attached hydrogens (tertiary/aromatic N) is 1. The molecule has 4 rings (SSSR count). The fourth-order valence-electron chi connectivity index (χ4n) is 4.68. The number of amides is 3. The second-order valence-electron chi connectivity index (χ2n) is 9.27. The third-order valence-electron chi connectivity index (χ3n) is 6.75. The van der Waals surface area contributed by atoms with E-state index in [9.17, 15) is 14.4 Å². The summed E-state index contributed by atoms with van der Waals surface area (Å²) in [6.45, 7) is 0.426. The Balaban J connectivity index is 1.46. The van der Waals surface area contributed by atoms with Crippen molar-refractivity contribution >= 4 is 17.9 Å². The summed E-state index contributed by atoms with van der Waals surface area (Å²) < 4.78 is 0. The van der Waals surface area contributed by atoms with E-state index in [0.29, 0.717) is 30.0 Å². The number of nitrogens with one attached hydrogen (secondary N) is 3. The molecular formula is C27H31N5O4. The highest BCUT2D eigenvalue weighted by Crippen LogP contribution is 2.30. The first-order valence-corrected chi connectivity index (χ1v) is 12.2. The van der Waals surface area contributed by atoms with E-state index in [4.69, 9.17) is 15.8 Å². The van der Waals surface area contributed by atoms with Crippen LogP contribution in [0.5, 0.6) is 0 Å². The molecule has 2 aromatic carbocycles. The van der Waals surface area contributed by atoms with Crippen molar-refractivity contribution in [1.29, 1.82) is 0 Å². The van der Waals surface area contributed by atoms with E-state index < -0.39 is 12.0 Å². The number of imidazole rings is 1. The maximum absolute atomic E-state index is 13.2. The molecule has 1 heterocycles. The largest absolute Gasteiger partial charge is 0.465 e. The zero-order valence-electron chi connectivity index (χ0n) is 19.9. The Kier molecular flexibility index (Phi) is 7.99. The lowest BCUT2D eigenvalue weighted by atomic mass is 9.81. The normalized spacial score (nSPS) is 18.2. The maximum Gasteiger partial charge on any atom is 0.404 e. The first-order valence-electron chi connectivity index (χ1n) is 12.2. The summed E-state index contributed by atoms with van der Waals surface area (Å²) in [6, 6.07) is 16.5. The lowest BCUT2D eigenvalue weighted by Crippen LogP contribution is -2.38. The Morgan fingerprint density at radius 1 is 1.03 bits per heavy atom. The van der Waals surface area contributed by atoms with Crippen LogP contribution in [0.25, 0.3) is 11.3 Å². The molecule has 6 N–H and O–H groups in total. The Hall–Kier alpha value is -4.14. The lowest BCUT2D eigenvalue weighted by molar-refractivity contribution is -0.127. The van der Waals surface area contributed by atoms with E-state index in [1.165, 1.54) is 0 Å². The summed E-state index contributed by atoms with van der Waals surface area (Å²) in [6.07, 6.45) is 4.44. The van der Waals surface area contributed by atoms with Crippen LogP contribution in [0.2, 0.25) is 0 Å². The molecule has 3 aromatic rings. The van der Waals surface area contributed by atoms with E-state index >= 15 is 0 Å². The van der Waals surface area contributed by atoms with E-state index in [1.807, 2.05) is 30.3 Å². The number of nitrogens with two attached hydrogens (primary N) is 1. The van der Waals surface area contributed by atoms with Gasteiger partial charge in [-0.05, 0) is 55.7 Å². The molecule has 0 radical (unpaired) electrons. The molecule has 1 aromatic heterocycles. The van der Waals surface area contributed by atoms with Gasteiger partial charge in [0.15, 0.2) is 0 Å². The number of aromatic amines is 1. The van der Waals surface area contributed by atoms with E-state index in [1.54, 1.807) is 30.5 Å². The standard InChI is InChI=1S/C27H31N5O4/c28-24(33)20-12-10-19(11-13-20)23-16-29-25(31-23)22(14-17-4-2-1-3-5-17)32-26(34)21-8-6-18(7-9-21)15-30-27(35)36/h1-5,10-13,16,18,21-22,30H,6-9,14-15H2,(H2,28,33)(H,29,31)(H,32,34)(H,35,36)/t18-,21-,22-/m0/s1. The smallest absolute Gasteiger partial charge is 0.404 e. The third-order valence-corrected chi connectivity index (χ3v) is 6.75. The molecule has 3 amide bonds. The zero-order chi connectivity index (χ0) is 25.5. The summed E-state index contributed by atoms with van der Waals surface area (Å²) in [5.74, 6) is 0.311. The second kappa shape index (κ2) is 11.5. The number of carbonyl (C=O) groups is 3. The highest BCUT2D eigenvalue weighted by atomic mass is 16.4. The fraction of sp³-hybridized carbons (Fsp3) is 0.333. The monoisotopic (exact) mass is 489 g/mol. The minimum atomic E-state index is -1.01. The molecule has 0 bridgehead atoms. The van der Waals surface area contributed by atoms with Gasteiger partial charge in [0.1, 0.15) is 5.82 Å². The van der Waals surface area contributed by atoms with E-state index in [-0.39, 0.29) is 23.8 Å². The van der Waals surface area contributed by atoms with Crippen LogP contribution in [0.3, 0.4) is 0 Å². The van der Waals surface area contributed by atoms with Crippen molar-refractivity contribution < 1.29 is 19.5 Å². The van der Waals surface area contributed by atoms with Crippen LogP contribution in [-0.4, -0.2) is 39.5 Å². The molecule has 188 valence electrons. The Morgan fingerprint density at radius 2 is 1.72 bits per heavy atom. The van der Waals surface area contributed by atoms with Crippen LogP contribution in [0.1, 0.15) is 53.5 Å². The van der Waals surface area contributed by atoms with Gasteiger partial charge in [0.2, 0.25) is 11.8 Å². The van der Waals surface area contributed by atoms with Gasteiger partial charge in [0.05, 0.1) is 11.7 Å². The Morgan fingerprint density at radius 3 is 2.36 bits per heavy atom. The number of primary amides is 1. The average Bonchev–Trinajstić information content (AvgIpc) is 3.38. The van der Waals surface area contributed by atoms with Crippen LogP contribution >= 0.6 is 0 Å². The molecule has 0 spiro atoms. The van der Waals surface area contributed by atoms with Gasteiger partial charge in [0, 0.05) is 29.8 Å². The molecule has 0 unspecified atom stereocenters. The summed E-state index contributed by atoms with van der Waals surface area (Å²) in [5.41, 5.74) is 8.38. The van der Waals surface area contributed by atoms with Crippen LogP contribution in [-0.2, 0) is 11.2 Å². The molecular weight excluding hydrogens is 458 g/mol. The van der Waals surface area contributed by atoms with Gasteiger partial charge in [0.25, 0.3) is 0 Å². The van der Waals surface area contributed by atoms with Crippen molar-refractivity contribution in [3.63, 3.8) is 0 Å². The van der Waals surface area contributed by atoms with Crippen molar-refractivity contribution in [3.05, 3.63) is 77.7 Å². The predicted molar refractivity (Wildman–Crippen MR) is 135 cm³/mol. The average molecular weight is 490 g/mol. The summed E-state index contributed by atoms with van der Waals surface area (Å²) in [4.78, 5) is 43.3. The topological polar surface area (TPSA) is 150 Å². The lowest BCUT2D eigenvalue weighted by Gasteiger charge is -2.29. The van der Waals surface area contributed by atoms with Gasteiger partial charge in [-0.3, -0.25) is 9.59 Å². The molecule has 9 heteroatoms. The summed E-state index contributed by atoms with van der Waals surface area (Å²) in [5, 5.41) is 14.5. The van der Waals surface area contributed by atoms with E-state index in [2.05, 4.69) is 15.6 Å². The second-order valence-corrected chi connectivity index (χ2v) is 9.27. The van der Waals surface area contributed by atoms with Gasteiger partial charge in [-0.2, -0.15) is 0 Å². The number of hydrogen-bond donors (Lipinski definition) is 5. The molecule has 36 heavy (non-hydrogen) atoms. The maximum atomic E-state index is 13.2. The molecule has 9 nitrogen and oxygen atoms in total. The van der Waals surface area contributed by atoms with Gasteiger partial charge in [-0.1, -0.05) is 42.5 Å². The fourth-order valence-corrected chi connectivity index (χ4v) is 4.68. The van der Waals surface area contributed by atoms with Crippen LogP contribution in [0.15, 0.2) is 60.8 Å². The van der Waals surface area contributed by atoms with Gasteiger partial charge in [-0.15, -0.1) is 0 Å². The number of benzene rings is 2. The first kappa shape index (κ1) is 25.0. The Bertz CT molecular complexity index is 1180. The molecule has 1 aliphatic rings. The zero-order valence-corrected chi connectivity index (χ0v) is 19.9. The van der Waals surface area contributed by atoms with Crippen LogP contribution < -0.4 is 16.4 Å². The van der Waals surface area contributed by atoms with Crippen molar-refractivity contribution in [2.75, 3.05) is 6.54 Å². The first-order chi connectivity index (χ1) is 17.4. The summed E-state index contributed by atoms with van der Waals surface area (Å²) >= 11 is 0. The Labute approximate surface area is 209 Å². The van der Waals surface area contributed by atoms with Gasteiger partial charge >= 0.3 is 6.09 Å². The SMILES string of the molecule is NC(=O)c1ccc(-c2c[nH]c([C@H](Cc3ccccc3)NC(=O)[C@H]3CC[C@H](CNC(=O)O)CC3)n2)cc1. The number of aromatic nitrogens is 2. The number of hydrogen-bond acceptors (Lipinski definition) is 4. The molecule has 1 fully saturated rings. The van der Waals surface area contributed by atoms with Gasteiger partial charge in [-0.25, -0.2) is 9.78 Å². The molecule has 0 aliphatic heterocycles. The molecule has 1 aliphatic carbocycles. The number of H-pyrrole nitrogens is 1. The number of rotatable bonds is 9. The van der Waals surface area contributed by atoms with Crippen molar-refractivity contribution in [3.8, 4) is 11.3 Å². The number of carboxylic acid groups (broad SMARTS) is 1. The van der Waals surface area contributed by atoms with Crippen molar-refractivity contribution in [1.82, 2.24) is 20.6 Å². The highest BCUT2D eigenvalue weighted by molar-refractivity contribution is 5.93. The number of carbonyl (C=O) groups excluding carboxylic acids is 2. The molecule has 0 saturated heterocycles. The molecule has 1 atom stereocenters. The van der Waals surface area contributed by atoms with Crippen LogP contribution in [0.4, 0.5) is 4.79 Å². The van der Waals surface area contributed by atoms with Crippen molar-refractivity contribution in [2.45, 2.75) is 38.1 Å². The minimum absolute atomic E-state index is 0.00987. The quantitative estimate of drug-likeness (QED) is 0.311. The predicted octanol–water partition coefficient (Wildman–Crippen LogP) is 3.65. The highest BCUT2D eigenvalue weighted by Gasteiger charge is 2.29. The molecule has 1 saturated carbocycles. The van der Waals surface area contributed by atoms with E-state index in [0.717, 1.165) is 36.8 Å². The third kappa shape index (κ3) is 6.50.